The standard InChI is InChI=1S/C18H22N2O5S/c1-5-18(21)19-14-7-6-8-15(12(14)2)20-26(22,23)13-9-10-16(24-3)17(11-13)25-4/h6-11,20H,5H2,1-4H3,(H,19,21). The molecule has 0 aromatic heterocycles. The van der Waals surface area contributed by atoms with Crippen molar-refractivity contribution in [1.29, 1.82) is 0 Å². The van der Waals surface area contributed by atoms with Gasteiger partial charge in [-0.25, -0.2) is 8.42 Å². The van der Waals surface area contributed by atoms with Crippen molar-refractivity contribution in [3.05, 3.63) is 42.0 Å². The van der Waals surface area contributed by atoms with E-state index in [1.807, 2.05) is 0 Å². The van der Waals surface area contributed by atoms with E-state index < -0.39 is 10.0 Å². The second-order valence-corrected chi connectivity index (χ2v) is 7.18. The van der Waals surface area contributed by atoms with E-state index in [4.69, 9.17) is 9.47 Å². The molecule has 8 heteroatoms. The molecule has 0 fully saturated rings. The molecule has 2 N–H and O–H groups in total. The number of amides is 1. The predicted molar refractivity (Wildman–Crippen MR) is 100 cm³/mol. The lowest BCUT2D eigenvalue weighted by atomic mass is 10.1. The lowest BCUT2D eigenvalue weighted by Gasteiger charge is -2.15. The van der Waals surface area contributed by atoms with Crippen LogP contribution in [0.1, 0.15) is 18.9 Å². The van der Waals surface area contributed by atoms with Gasteiger partial charge in [-0.3, -0.25) is 9.52 Å². The van der Waals surface area contributed by atoms with Gasteiger partial charge >= 0.3 is 0 Å². The summed E-state index contributed by atoms with van der Waals surface area (Å²) in [5.74, 6) is 0.607. The summed E-state index contributed by atoms with van der Waals surface area (Å²) < 4.78 is 38.3. The summed E-state index contributed by atoms with van der Waals surface area (Å²) in [6, 6.07) is 9.37. The molecule has 2 rings (SSSR count). The zero-order valence-corrected chi connectivity index (χ0v) is 15.9. The predicted octanol–water partition coefficient (Wildman–Crippen LogP) is 3.16. The van der Waals surface area contributed by atoms with Gasteiger partial charge < -0.3 is 14.8 Å². The third-order valence-electron chi connectivity index (χ3n) is 3.84. The highest BCUT2D eigenvalue weighted by Crippen LogP contribution is 2.31. The number of hydrogen-bond acceptors (Lipinski definition) is 5. The van der Waals surface area contributed by atoms with Crippen molar-refractivity contribution in [1.82, 2.24) is 0 Å². The van der Waals surface area contributed by atoms with Crippen molar-refractivity contribution in [3.63, 3.8) is 0 Å². The minimum absolute atomic E-state index is 0.0394. The molecular formula is C18H22N2O5S. The Morgan fingerprint density at radius 1 is 1.04 bits per heavy atom. The molecule has 0 saturated heterocycles. The Balaban J connectivity index is 2.35. The maximum atomic E-state index is 12.7. The van der Waals surface area contributed by atoms with Gasteiger partial charge in [0.25, 0.3) is 10.0 Å². The fraction of sp³-hybridized carbons (Fsp3) is 0.278. The Kier molecular flexibility index (Phi) is 6.10. The molecule has 0 heterocycles. The number of benzene rings is 2. The molecule has 0 aliphatic heterocycles. The normalized spacial score (nSPS) is 10.9. The number of carbonyl (C=O) groups is 1. The molecule has 7 nitrogen and oxygen atoms in total. The van der Waals surface area contributed by atoms with Gasteiger partial charge in [-0.15, -0.1) is 0 Å². The number of hydrogen-bond donors (Lipinski definition) is 2. The van der Waals surface area contributed by atoms with Crippen LogP contribution in [-0.2, 0) is 14.8 Å². The van der Waals surface area contributed by atoms with Gasteiger partial charge in [-0.1, -0.05) is 13.0 Å². The summed E-state index contributed by atoms with van der Waals surface area (Å²) in [5.41, 5.74) is 1.57. The van der Waals surface area contributed by atoms with E-state index >= 15 is 0 Å². The Hall–Kier alpha value is -2.74. The van der Waals surface area contributed by atoms with Gasteiger partial charge in [0.15, 0.2) is 11.5 Å². The maximum Gasteiger partial charge on any atom is 0.262 e. The van der Waals surface area contributed by atoms with Crippen molar-refractivity contribution in [3.8, 4) is 11.5 Å². The van der Waals surface area contributed by atoms with E-state index in [0.717, 1.165) is 0 Å². The second kappa shape index (κ2) is 8.09. The summed E-state index contributed by atoms with van der Waals surface area (Å²) in [6.45, 7) is 3.48. The van der Waals surface area contributed by atoms with Crippen LogP contribution in [0.15, 0.2) is 41.3 Å². The van der Waals surface area contributed by atoms with E-state index in [2.05, 4.69) is 10.0 Å². The summed E-state index contributed by atoms with van der Waals surface area (Å²) >= 11 is 0. The van der Waals surface area contributed by atoms with Crippen LogP contribution in [0.3, 0.4) is 0 Å². The fourth-order valence-electron chi connectivity index (χ4n) is 2.31. The third kappa shape index (κ3) is 4.26. The van der Waals surface area contributed by atoms with E-state index in [1.165, 1.54) is 32.4 Å². The monoisotopic (exact) mass is 378 g/mol. The number of rotatable bonds is 7. The molecule has 0 unspecified atom stereocenters. The molecule has 0 aliphatic carbocycles. The lowest BCUT2D eigenvalue weighted by molar-refractivity contribution is -0.115. The van der Waals surface area contributed by atoms with Crippen LogP contribution in [0.25, 0.3) is 0 Å². The van der Waals surface area contributed by atoms with Crippen molar-refractivity contribution in [2.24, 2.45) is 0 Å². The van der Waals surface area contributed by atoms with Gasteiger partial charge in [0, 0.05) is 18.2 Å². The summed E-state index contributed by atoms with van der Waals surface area (Å²) in [6.07, 6.45) is 0.334. The number of ether oxygens (including phenoxy) is 2. The van der Waals surface area contributed by atoms with E-state index in [-0.39, 0.29) is 10.8 Å². The van der Waals surface area contributed by atoms with E-state index in [0.29, 0.717) is 34.9 Å². The number of anilines is 2. The van der Waals surface area contributed by atoms with Crippen LogP contribution < -0.4 is 19.5 Å². The second-order valence-electron chi connectivity index (χ2n) is 5.50. The lowest BCUT2D eigenvalue weighted by Crippen LogP contribution is -2.15. The Labute approximate surface area is 153 Å². The molecule has 0 spiro atoms. The van der Waals surface area contributed by atoms with Crippen LogP contribution in [-0.4, -0.2) is 28.5 Å². The quantitative estimate of drug-likeness (QED) is 0.772. The van der Waals surface area contributed by atoms with Crippen molar-refractivity contribution in [2.75, 3.05) is 24.3 Å². The average molecular weight is 378 g/mol. The molecular weight excluding hydrogens is 356 g/mol. The summed E-state index contributed by atoms with van der Waals surface area (Å²) in [4.78, 5) is 11.6. The molecule has 2 aromatic carbocycles. The molecule has 140 valence electrons. The maximum absolute atomic E-state index is 12.7. The molecule has 0 atom stereocenters. The Morgan fingerprint density at radius 2 is 1.69 bits per heavy atom. The highest BCUT2D eigenvalue weighted by atomic mass is 32.2. The van der Waals surface area contributed by atoms with Crippen LogP contribution in [0.5, 0.6) is 11.5 Å². The van der Waals surface area contributed by atoms with Gasteiger partial charge in [0.1, 0.15) is 0 Å². The van der Waals surface area contributed by atoms with Crippen LogP contribution in [0.4, 0.5) is 11.4 Å². The van der Waals surface area contributed by atoms with Gasteiger partial charge in [0.05, 0.1) is 24.8 Å². The molecule has 2 aromatic rings. The molecule has 0 bridgehead atoms. The number of carbonyl (C=O) groups excluding carboxylic acids is 1. The molecule has 0 saturated carbocycles. The molecule has 0 radical (unpaired) electrons. The van der Waals surface area contributed by atoms with E-state index in [1.54, 1.807) is 32.0 Å². The highest BCUT2D eigenvalue weighted by molar-refractivity contribution is 7.92. The molecule has 1 amide bonds. The van der Waals surface area contributed by atoms with Gasteiger partial charge in [0.2, 0.25) is 5.91 Å². The number of methoxy groups -OCH3 is 2. The van der Waals surface area contributed by atoms with Crippen molar-refractivity contribution in [2.45, 2.75) is 25.2 Å². The van der Waals surface area contributed by atoms with Crippen molar-refractivity contribution >= 4 is 27.3 Å². The minimum atomic E-state index is -3.84. The molecule has 0 aliphatic rings. The minimum Gasteiger partial charge on any atom is -0.493 e. The Morgan fingerprint density at radius 3 is 2.31 bits per heavy atom. The van der Waals surface area contributed by atoms with Gasteiger partial charge in [-0.2, -0.15) is 0 Å². The fourth-order valence-corrected chi connectivity index (χ4v) is 3.45. The highest BCUT2D eigenvalue weighted by Gasteiger charge is 2.19. The summed E-state index contributed by atoms with van der Waals surface area (Å²) in [5, 5.41) is 2.75. The summed E-state index contributed by atoms with van der Waals surface area (Å²) in [7, 11) is -0.930. The smallest absolute Gasteiger partial charge is 0.262 e. The number of nitrogens with one attached hydrogen (secondary N) is 2. The zero-order chi connectivity index (χ0) is 19.3. The largest absolute Gasteiger partial charge is 0.493 e. The Bertz CT molecular complexity index is 910. The van der Waals surface area contributed by atoms with Crippen LogP contribution in [0, 0.1) is 6.92 Å². The first-order valence-electron chi connectivity index (χ1n) is 7.96. The van der Waals surface area contributed by atoms with Crippen molar-refractivity contribution < 1.29 is 22.7 Å². The SMILES string of the molecule is CCC(=O)Nc1cccc(NS(=O)(=O)c2ccc(OC)c(OC)c2)c1C. The number of sulfonamides is 1. The molecule has 26 heavy (non-hydrogen) atoms. The third-order valence-corrected chi connectivity index (χ3v) is 5.20. The first-order valence-corrected chi connectivity index (χ1v) is 9.45. The van der Waals surface area contributed by atoms with E-state index in [9.17, 15) is 13.2 Å². The van der Waals surface area contributed by atoms with Crippen LogP contribution in [0.2, 0.25) is 0 Å². The van der Waals surface area contributed by atoms with Gasteiger partial charge in [-0.05, 0) is 36.8 Å². The zero-order valence-electron chi connectivity index (χ0n) is 15.1. The first kappa shape index (κ1) is 19.6. The topological polar surface area (TPSA) is 93.7 Å². The average Bonchev–Trinajstić information content (AvgIpc) is 2.64. The first-order chi connectivity index (χ1) is 12.3. The van der Waals surface area contributed by atoms with Crippen LogP contribution >= 0.6 is 0 Å².